The fourth-order valence-electron chi connectivity index (χ4n) is 2.17. The van der Waals surface area contributed by atoms with Gasteiger partial charge in [-0.15, -0.1) is 16.9 Å². The van der Waals surface area contributed by atoms with E-state index in [2.05, 4.69) is 34.7 Å². The van der Waals surface area contributed by atoms with E-state index in [-0.39, 0.29) is 18.2 Å². The van der Waals surface area contributed by atoms with Gasteiger partial charge in [-0.05, 0) is 36.3 Å². The maximum Gasteiger partial charge on any atom is 0.240 e. The van der Waals surface area contributed by atoms with Crippen molar-refractivity contribution in [3.63, 3.8) is 0 Å². The lowest BCUT2D eigenvalue weighted by atomic mass is 10.1. The van der Waals surface area contributed by atoms with E-state index in [9.17, 15) is 9.59 Å². The minimum Gasteiger partial charge on any atom is -0.356 e. The highest BCUT2D eigenvalue weighted by Crippen LogP contribution is 2.22. The number of carbonyl (C=O) groups excluding carboxylic acids is 2. The van der Waals surface area contributed by atoms with E-state index in [1.165, 1.54) is 16.7 Å². The van der Waals surface area contributed by atoms with Crippen molar-refractivity contribution in [3.05, 3.63) is 29.8 Å². The van der Waals surface area contributed by atoms with Gasteiger partial charge in [0.15, 0.2) is 5.17 Å². The summed E-state index contributed by atoms with van der Waals surface area (Å²) >= 11 is 2.92. The summed E-state index contributed by atoms with van der Waals surface area (Å²) in [6.45, 7) is 4.84. The molecular formula is C18H24N4O2S2. The van der Waals surface area contributed by atoms with Crippen molar-refractivity contribution in [1.82, 2.24) is 10.6 Å². The normalized spacial score (nSPS) is 18.7. The number of hydrogen-bond acceptors (Lipinski definition) is 6. The van der Waals surface area contributed by atoms with Gasteiger partial charge in [-0.2, -0.15) is 5.10 Å². The highest BCUT2D eigenvalue weighted by atomic mass is 32.2. The molecule has 0 saturated carbocycles. The smallest absolute Gasteiger partial charge is 0.240 e. The van der Waals surface area contributed by atoms with E-state index in [0.717, 1.165) is 12.0 Å². The number of benzene rings is 1. The van der Waals surface area contributed by atoms with Gasteiger partial charge < -0.3 is 10.6 Å². The van der Waals surface area contributed by atoms with Gasteiger partial charge in [0.2, 0.25) is 11.8 Å². The second-order valence-corrected chi connectivity index (χ2v) is 8.33. The van der Waals surface area contributed by atoms with Crippen molar-refractivity contribution < 1.29 is 9.59 Å². The molecule has 0 aromatic heterocycles. The molecule has 0 bridgehead atoms. The van der Waals surface area contributed by atoms with Crippen molar-refractivity contribution in [1.29, 1.82) is 0 Å². The SMILES string of the molecule is CSc1ccc(/C=N\N=C2/NC(=O)[C@@H](CC(=O)NCCC(C)C)S2)cc1. The molecule has 1 atom stereocenters. The molecule has 1 aliphatic rings. The Hall–Kier alpha value is -1.80. The van der Waals surface area contributed by atoms with Gasteiger partial charge in [0.05, 0.1) is 6.21 Å². The number of hydrogen-bond donors (Lipinski definition) is 2. The predicted octanol–water partition coefficient (Wildman–Crippen LogP) is 2.88. The van der Waals surface area contributed by atoms with Crippen LogP contribution < -0.4 is 10.6 Å². The quantitative estimate of drug-likeness (QED) is 0.405. The third kappa shape index (κ3) is 6.84. The van der Waals surface area contributed by atoms with Crippen LogP contribution in [0, 0.1) is 5.92 Å². The average Bonchev–Trinajstić information content (AvgIpc) is 2.94. The molecule has 0 aliphatic carbocycles. The zero-order valence-corrected chi connectivity index (χ0v) is 16.8. The van der Waals surface area contributed by atoms with Crippen LogP contribution in [0.15, 0.2) is 39.4 Å². The predicted molar refractivity (Wildman–Crippen MR) is 110 cm³/mol. The third-order valence-electron chi connectivity index (χ3n) is 3.66. The topological polar surface area (TPSA) is 82.9 Å². The van der Waals surface area contributed by atoms with Gasteiger partial charge in [0.1, 0.15) is 5.25 Å². The number of amides is 2. The van der Waals surface area contributed by atoms with Crippen LogP contribution >= 0.6 is 23.5 Å². The first-order valence-corrected chi connectivity index (χ1v) is 10.6. The van der Waals surface area contributed by atoms with Gasteiger partial charge >= 0.3 is 0 Å². The van der Waals surface area contributed by atoms with Gasteiger partial charge in [0, 0.05) is 17.9 Å². The molecule has 0 radical (unpaired) electrons. The van der Waals surface area contributed by atoms with Crippen molar-refractivity contribution in [2.45, 2.75) is 36.8 Å². The summed E-state index contributed by atoms with van der Waals surface area (Å²) in [5.41, 5.74) is 0.933. The minimum absolute atomic E-state index is 0.114. The lowest BCUT2D eigenvalue weighted by Gasteiger charge is -2.08. The molecule has 2 N–H and O–H groups in total. The maximum atomic E-state index is 12.0. The van der Waals surface area contributed by atoms with Crippen molar-refractivity contribution in [2.75, 3.05) is 12.8 Å². The second-order valence-electron chi connectivity index (χ2n) is 6.26. The summed E-state index contributed by atoms with van der Waals surface area (Å²) in [5, 5.41) is 13.5. The largest absolute Gasteiger partial charge is 0.356 e. The molecule has 2 amide bonds. The summed E-state index contributed by atoms with van der Waals surface area (Å²) in [6, 6.07) is 7.94. The van der Waals surface area contributed by atoms with E-state index in [1.807, 2.05) is 30.5 Å². The molecule has 2 rings (SSSR count). The first-order valence-electron chi connectivity index (χ1n) is 8.47. The van der Waals surface area contributed by atoms with Crippen LogP contribution in [-0.2, 0) is 9.59 Å². The Morgan fingerprint density at radius 3 is 2.77 bits per heavy atom. The molecule has 1 aliphatic heterocycles. The molecule has 1 heterocycles. The summed E-state index contributed by atoms with van der Waals surface area (Å²) in [5.74, 6) is 0.220. The summed E-state index contributed by atoms with van der Waals surface area (Å²) in [6.07, 6.45) is 4.73. The highest BCUT2D eigenvalue weighted by Gasteiger charge is 2.32. The van der Waals surface area contributed by atoms with Crippen LogP contribution in [0.3, 0.4) is 0 Å². The first kappa shape index (κ1) is 20.5. The van der Waals surface area contributed by atoms with Gasteiger partial charge in [-0.25, -0.2) is 0 Å². The number of rotatable bonds is 8. The molecule has 1 fully saturated rings. The molecule has 0 spiro atoms. The maximum absolute atomic E-state index is 12.0. The molecule has 0 unspecified atom stereocenters. The van der Waals surface area contributed by atoms with Crippen molar-refractivity contribution in [2.24, 2.45) is 16.1 Å². The van der Waals surface area contributed by atoms with Crippen LogP contribution in [0.4, 0.5) is 0 Å². The van der Waals surface area contributed by atoms with Crippen molar-refractivity contribution in [3.8, 4) is 0 Å². The summed E-state index contributed by atoms with van der Waals surface area (Å²) in [7, 11) is 0. The second kappa shape index (κ2) is 10.4. The van der Waals surface area contributed by atoms with E-state index < -0.39 is 5.25 Å². The van der Waals surface area contributed by atoms with Gasteiger partial charge in [0.25, 0.3) is 0 Å². The van der Waals surface area contributed by atoms with Crippen molar-refractivity contribution >= 4 is 46.7 Å². The standard InChI is InChI=1S/C18H24N4O2S2/c1-12(2)8-9-19-16(23)10-15-17(24)21-18(26-15)22-20-11-13-4-6-14(25-3)7-5-13/h4-7,11-12,15H,8-10H2,1-3H3,(H,19,23)(H,21,22,24)/b20-11-/t15-/m1/s1. The van der Waals surface area contributed by atoms with E-state index in [0.29, 0.717) is 17.6 Å². The lowest BCUT2D eigenvalue weighted by Crippen LogP contribution is -2.32. The Morgan fingerprint density at radius 2 is 2.12 bits per heavy atom. The monoisotopic (exact) mass is 392 g/mol. The van der Waals surface area contributed by atoms with E-state index in [1.54, 1.807) is 18.0 Å². The molecule has 1 aromatic carbocycles. The Labute approximate surface area is 162 Å². The van der Waals surface area contributed by atoms with Crippen LogP contribution in [0.5, 0.6) is 0 Å². The van der Waals surface area contributed by atoms with Gasteiger partial charge in [-0.3, -0.25) is 9.59 Å². The Kier molecular flexibility index (Phi) is 8.18. The fourth-order valence-corrected chi connectivity index (χ4v) is 3.50. The number of nitrogens with one attached hydrogen (secondary N) is 2. The highest BCUT2D eigenvalue weighted by molar-refractivity contribution is 8.15. The zero-order chi connectivity index (χ0) is 18.9. The fraction of sp³-hybridized carbons (Fsp3) is 0.444. The molecule has 1 saturated heterocycles. The number of nitrogens with zero attached hydrogens (tertiary/aromatic N) is 2. The minimum atomic E-state index is -0.455. The molecule has 26 heavy (non-hydrogen) atoms. The zero-order valence-electron chi connectivity index (χ0n) is 15.2. The lowest BCUT2D eigenvalue weighted by molar-refractivity contribution is -0.125. The van der Waals surface area contributed by atoms with Crippen LogP contribution in [0.1, 0.15) is 32.3 Å². The average molecular weight is 393 g/mol. The number of carbonyl (C=O) groups is 2. The van der Waals surface area contributed by atoms with Crippen LogP contribution in [-0.4, -0.2) is 41.2 Å². The molecule has 8 heteroatoms. The Morgan fingerprint density at radius 1 is 1.38 bits per heavy atom. The van der Waals surface area contributed by atoms with E-state index in [4.69, 9.17) is 0 Å². The summed E-state index contributed by atoms with van der Waals surface area (Å²) in [4.78, 5) is 25.0. The summed E-state index contributed by atoms with van der Waals surface area (Å²) < 4.78 is 0. The molecule has 6 nitrogen and oxygen atoms in total. The first-order chi connectivity index (χ1) is 12.5. The molecular weight excluding hydrogens is 368 g/mol. The van der Waals surface area contributed by atoms with Crippen LogP contribution in [0.2, 0.25) is 0 Å². The van der Waals surface area contributed by atoms with Gasteiger partial charge in [-0.1, -0.05) is 37.7 Å². The number of thioether (sulfide) groups is 2. The Balaban J connectivity index is 1.82. The number of amidine groups is 1. The molecule has 140 valence electrons. The Bertz CT molecular complexity index is 687. The van der Waals surface area contributed by atoms with Crippen LogP contribution in [0.25, 0.3) is 0 Å². The molecule has 1 aromatic rings. The van der Waals surface area contributed by atoms with E-state index >= 15 is 0 Å². The third-order valence-corrected chi connectivity index (χ3v) is 5.48.